The summed E-state index contributed by atoms with van der Waals surface area (Å²) >= 11 is 1.39. The van der Waals surface area contributed by atoms with Gasteiger partial charge in [0.15, 0.2) is 22.5 Å². The maximum atomic E-state index is 13.1. The van der Waals surface area contributed by atoms with E-state index in [-0.39, 0.29) is 19.2 Å². The lowest BCUT2D eigenvalue weighted by Gasteiger charge is -2.11. The summed E-state index contributed by atoms with van der Waals surface area (Å²) < 4.78 is 31.1. The molecule has 7 nitrogen and oxygen atoms in total. The van der Waals surface area contributed by atoms with Crippen LogP contribution in [0, 0.1) is 5.82 Å². The van der Waals surface area contributed by atoms with E-state index in [4.69, 9.17) is 14.2 Å². The van der Waals surface area contributed by atoms with Crippen molar-refractivity contribution in [1.29, 1.82) is 0 Å². The van der Waals surface area contributed by atoms with E-state index in [1.807, 2.05) is 29.8 Å². The number of fused-ring (bicyclic) bond motifs is 1. The Morgan fingerprint density at radius 1 is 1.17 bits per heavy atom. The zero-order valence-corrected chi connectivity index (χ0v) is 16.6. The number of halogens is 1. The summed E-state index contributed by atoms with van der Waals surface area (Å²) in [5.41, 5.74) is 1.73. The van der Waals surface area contributed by atoms with Gasteiger partial charge in [0.2, 0.25) is 6.79 Å². The molecule has 0 unspecified atom stereocenters. The summed E-state index contributed by atoms with van der Waals surface area (Å²) in [5.74, 6) is 2.20. The number of aliphatic hydroxyl groups is 1. The highest BCUT2D eigenvalue weighted by Crippen LogP contribution is 2.32. The molecule has 0 fully saturated rings. The molecule has 1 atom stereocenters. The van der Waals surface area contributed by atoms with Gasteiger partial charge in [0.1, 0.15) is 5.82 Å². The molecule has 4 rings (SSSR count). The molecule has 1 aromatic heterocycles. The van der Waals surface area contributed by atoms with Crippen molar-refractivity contribution in [1.82, 2.24) is 14.8 Å². The smallest absolute Gasteiger partial charge is 0.231 e. The van der Waals surface area contributed by atoms with E-state index >= 15 is 0 Å². The van der Waals surface area contributed by atoms with Crippen LogP contribution in [0.25, 0.3) is 11.4 Å². The highest BCUT2D eigenvalue weighted by molar-refractivity contribution is 7.99. The molecule has 0 amide bonds. The molecule has 0 spiro atoms. The van der Waals surface area contributed by atoms with Crippen molar-refractivity contribution in [3.05, 3.63) is 53.8 Å². The summed E-state index contributed by atoms with van der Waals surface area (Å²) in [5, 5.41) is 19.2. The first-order valence-electron chi connectivity index (χ1n) is 9.02. The van der Waals surface area contributed by atoms with E-state index in [0.717, 1.165) is 16.9 Å². The number of aromatic nitrogens is 3. The van der Waals surface area contributed by atoms with Gasteiger partial charge in [-0.1, -0.05) is 17.8 Å². The topological polar surface area (TPSA) is 78.6 Å². The Morgan fingerprint density at radius 3 is 2.79 bits per heavy atom. The van der Waals surface area contributed by atoms with Crippen LogP contribution >= 0.6 is 11.8 Å². The lowest BCUT2D eigenvalue weighted by atomic mass is 10.2. The van der Waals surface area contributed by atoms with E-state index in [0.29, 0.717) is 29.1 Å². The molecule has 1 aliphatic heterocycles. The normalized spacial score (nSPS) is 13.6. The highest BCUT2D eigenvalue weighted by Gasteiger charge is 2.15. The zero-order valence-electron chi connectivity index (χ0n) is 15.7. The summed E-state index contributed by atoms with van der Waals surface area (Å²) in [6, 6.07) is 11.7. The Balaban J connectivity index is 1.25. The monoisotopic (exact) mass is 417 g/mol. The maximum absolute atomic E-state index is 13.1. The quantitative estimate of drug-likeness (QED) is 0.565. The van der Waals surface area contributed by atoms with Crippen LogP contribution in [0.5, 0.6) is 11.5 Å². The average molecular weight is 417 g/mol. The van der Waals surface area contributed by atoms with Gasteiger partial charge in [-0.2, -0.15) is 0 Å². The van der Waals surface area contributed by atoms with Gasteiger partial charge in [0.05, 0.1) is 19.3 Å². The van der Waals surface area contributed by atoms with Crippen LogP contribution in [0.2, 0.25) is 0 Å². The van der Waals surface area contributed by atoms with E-state index in [2.05, 4.69) is 10.2 Å². The van der Waals surface area contributed by atoms with Gasteiger partial charge in [-0.25, -0.2) is 4.39 Å². The summed E-state index contributed by atoms with van der Waals surface area (Å²) in [6.45, 7) is 0.807. The number of rotatable bonds is 8. The first kappa shape index (κ1) is 19.7. The lowest BCUT2D eigenvalue weighted by Crippen LogP contribution is -2.18. The first-order chi connectivity index (χ1) is 14.1. The zero-order chi connectivity index (χ0) is 20.2. The second-order valence-corrected chi connectivity index (χ2v) is 7.53. The van der Waals surface area contributed by atoms with Crippen LogP contribution in [0.15, 0.2) is 47.6 Å². The van der Waals surface area contributed by atoms with E-state index in [9.17, 15) is 9.50 Å². The van der Waals surface area contributed by atoms with Gasteiger partial charge in [-0.3, -0.25) is 0 Å². The minimum Gasteiger partial charge on any atom is -0.454 e. The van der Waals surface area contributed by atoms with Gasteiger partial charge in [-0.05, 0) is 42.0 Å². The van der Waals surface area contributed by atoms with Crippen molar-refractivity contribution in [2.75, 3.05) is 19.2 Å². The molecule has 1 aliphatic rings. The molecule has 9 heteroatoms. The number of hydrogen-bond acceptors (Lipinski definition) is 7. The fourth-order valence-electron chi connectivity index (χ4n) is 2.85. The Labute approximate surface area is 171 Å². The molecule has 1 N–H and O–H groups in total. The predicted molar refractivity (Wildman–Crippen MR) is 105 cm³/mol. The predicted octanol–water partition coefficient (Wildman–Crippen LogP) is 3.02. The molecule has 2 heterocycles. The average Bonchev–Trinajstić information content (AvgIpc) is 3.33. The van der Waals surface area contributed by atoms with Crippen molar-refractivity contribution in [3.8, 4) is 22.9 Å². The summed E-state index contributed by atoms with van der Waals surface area (Å²) in [6.07, 6.45) is -0.653. The SMILES string of the molecule is Cn1c(SC[C@H](O)COCc2ccc3c(c2)OCO3)nnc1-c1ccc(F)cc1. The Bertz CT molecular complexity index is 980. The number of nitrogens with zero attached hydrogens (tertiary/aromatic N) is 3. The van der Waals surface area contributed by atoms with E-state index in [1.165, 1.54) is 23.9 Å². The number of aliphatic hydroxyl groups excluding tert-OH is 1. The van der Waals surface area contributed by atoms with Gasteiger partial charge in [0.25, 0.3) is 0 Å². The first-order valence-corrected chi connectivity index (χ1v) is 10.0. The largest absolute Gasteiger partial charge is 0.454 e. The van der Waals surface area contributed by atoms with Crippen LogP contribution in [-0.4, -0.2) is 45.1 Å². The number of ether oxygens (including phenoxy) is 3. The van der Waals surface area contributed by atoms with E-state index in [1.54, 1.807) is 12.1 Å². The molecule has 29 heavy (non-hydrogen) atoms. The number of thioether (sulfide) groups is 1. The second kappa shape index (κ2) is 8.81. The number of hydrogen-bond donors (Lipinski definition) is 1. The van der Waals surface area contributed by atoms with Crippen LogP contribution in [0.1, 0.15) is 5.56 Å². The molecule has 2 aromatic carbocycles. The Morgan fingerprint density at radius 2 is 1.97 bits per heavy atom. The third kappa shape index (κ3) is 4.69. The van der Waals surface area contributed by atoms with Gasteiger partial charge >= 0.3 is 0 Å². The van der Waals surface area contributed by atoms with Crippen LogP contribution in [-0.2, 0) is 18.4 Å². The fraction of sp³-hybridized carbons (Fsp3) is 0.300. The van der Waals surface area contributed by atoms with E-state index < -0.39 is 6.10 Å². The van der Waals surface area contributed by atoms with Crippen LogP contribution in [0.4, 0.5) is 4.39 Å². The molecule has 0 saturated heterocycles. The summed E-state index contributed by atoms with van der Waals surface area (Å²) in [4.78, 5) is 0. The molecule has 0 radical (unpaired) electrons. The van der Waals surface area contributed by atoms with Gasteiger partial charge in [-0.15, -0.1) is 10.2 Å². The standard InChI is InChI=1S/C20H20FN3O4S/c1-24-19(14-3-5-15(21)6-4-14)22-23-20(24)29-11-16(25)10-26-9-13-2-7-17-18(8-13)28-12-27-17/h2-8,16,25H,9-12H2,1H3/t16-/m1/s1. The van der Waals surface area contributed by atoms with Crippen LogP contribution < -0.4 is 9.47 Å². The fourth-order valence-corrected chi connectivity index (χ4v) is 3.67. The van der Waals surface area contributed by atoms with Crippen LogP contribution in [0.3, 0.4) is 0 Å². The van der Waals surface area contributed by atoms with Crippen molar-refractivity contribution >= 4 is 11.8 Å². The Hall–Kier alpha value is -2.62. The Kier molecular flexibility index (Phi) is 5.98. The molecule has 0 saturated carbocycles. The minimum atomic E-state index is -0.653. The second-order valence-electron chi connectivity index (χ2n) is 6.54. The third-order valence-corrected chi connectivity index (χ3v) is 5.52. The molecule has 152 valence electrons. The molecule has 0 aliphatic carbocycles. The lowest BCUT2D eigenvalue weighted by molar-refractivity contribution is 0.0397. The summed E-state index contributed by atoms with van der Waals surface area (Å²) in [7, 11) is 1.84. The van der Waals surface area contributed by atoms with Crippen molar-refractivity contribution in [3.63, 3.8) is 0 Å². The van der Waals surface area contributed by atoms with Crippen molar-refractivity contribution < 1.29 is 23.7 Å². The molecular weight excluding hydrogens is 397 g/mol. The third-order valence-electron chi connectivity index (χ3n) is 4.36. The van der Waals surface area contributed by atoms with Crippen molar-refractivity contribution in [2.45, 2.75) is 17.9 Å². The van der Waals surface area contributed by atoms with Gasteiger partial charge in [0, 0.05) is 18.4 Å². The minimum absolute atomic E-state index is 0.199. The molecular formula is C20H20FN3O4S. The van der Waals surface area contributed by atoms with Gasteiger partial charge < -0.3 is 23.9 Å². The maximum Gasteiger partial charge on any atom is 0.231 e. The molecule has 0 bridgehead atoms. The number of benzene rings is 2. The highest BCUT2D eigenvalue weighted by atomic mass is 32.2. The molecule has 3 aromatic rings. The van der Waals surface area contributed by atoms with Crippen molar-refractivity contribution in [2.24, 2.45) is 7.05 Å².